The molecule has 1 nitrogen and oxygen atoms in total. The Balaban J connectivity index is 2.33. The van der Waals surface area contributed by atoms with E-state index in [9.17, 15) is 13.2 Å². The number of hydrogen-bond acceptors (Lipinski definition) is 1. The Labute approximate surface area is 117 Å². The van der Waals surface area contributed by atoms with E-state index in [1.165, 1.54) is 12.1 Å². The van der Waals surface area contributed by atoms with E-state index in [1.54, 1.807) is 42.5 Å². The smallest absolute Gasteiger partial charge is 0.369 e. The van der Waals surface area contributed by atoms with Crippen molar-refractivity contribution in [3.8, 4) is 0 Å². The van der Waals surface area contributed by atoms with Gasteiger partial charge in [0.1, 0.15) is 6.04 Å². The molecule has 1 unspecified atom stereocenters. The fraction of sp³-hybridized carbons (Fsp3) is 0.143. The van der Waals surface area contributed by atoms with Crippen molar-refractivity contribution in [2.45, 2.75) is 12.2 Å². The Morgan fingerprint density at radius 2 is 1.47 bits per heavy atom. The molecule has 19 heavy (non-hydrogen) atoms. The van der Waals surface area contributed by atoms with E-state index in [4.69, 9.17) is 0 Å². The zero-order valence-electron chi connectivity index (χ0n) is 9.79. The van der Waals surface area contributed by atoms with Crippen molar-refractivity contribution in [3.63, 3.8) is 0 Å². The number of para-hydroxylation sites is 1. The number of anilines is 1. The van der Waals surface area contributed by atoms with Crippen LogP contribution in [0.25, 0.3) is 0 Å². The van der Waals surface area contributed by atoms with Gasteiger partial charge in [-0.1, -0.05) is 42.5 Å². The molecule has 5 heteroatoms. The number of nitrogens with one attached hydrogen (secondary N) is 1. The molecule has 2 rings (SSSR count). The van der Waals surface area contributed by atoms with Crippen molar-refractivity contribution in [3.05, 3.63) is 64.6 Å². The molecule has 0 aliphatic rings. The molecule has 0 aliphatic heterocycles. The molecule has 0 heterocycles. The van der Waals surface area contributed by atoms with Crippen LogP contribution in [0, 0.1) is 0 Å². The molecule has 0 bridgehead atoms. The maximum atomic E-state index is 13.1. The van der Waals surface area contributed by atoms with Gasteiger partial charge in [-0.15, -0.1) is 0 Å². The van der Waals surface area contributed by atoms with Crippen molar-refractivity contribution >= 4 is 21.6 Å². The largest absolute Gasteiger partial charge is 0.412 e. The predicted molar refractivity (Wildman–Crippen MR) is 73.0 cm³/mol. The zero-order valence-corrected chi connectivity index (χ0v) is 11.4. The first-order valence-corrected chi connectivity index (χ1v) is 6.40. The molecule has 2 aromatic carbocycles. The summed E-state index contributed by atoms with van der Waals surface area (Å²) in [5.41, 5.74) is 0.597. The molecule has 0 saturated carbocycles. The van der Waals surface area contributed by atoms with E-state index >= 15 is 0 Å². The van der Waals surface area contributed by atoms with Crippen LogP contribution in [0.3, 0.4) is 0 Å². The fourth-order valence-corrected chi connectivity index (χ4v) is 2.13. The SMILES string of the molecule is FC(F)(F)C(Nc1ccccc1Br)c1ccccc1. The minimum atomic E-state index is -4.36. The lowest BCUT2D eigenvalue weighted by Gasteiger charge is -2.23. The average molecular weight is 330 g/mol. The van der Waals surface area contributed by atoms with Crippen LogP contribution in [-0.2, 0) is 0 Å². The summed E-state index contributed by atoms with van der Waals surface area (Å²) < 4.78 is 40.0. The van der Waals surface area contributed by atoms with Gasteiger partial charge in [0.15, 0.2) is 0 Å². The Kier molecular flexibility index (Phi) is 4.14. The van der Waals surface area contributed by atoms with E-state index in [0.717, 1.165) is 0 Å². The van der Waals surface area contributed by atoms with E-state index in [2.05, 4.69) is 21.2 Å². The molecule has 0 saturated heterocycles. The summed E-state index contributed by atoms with van der Waals surface area (Å²) >= 11 is 3.23. The van der Waals surface area contributed by atoms with Crippen LogP contribution in [0.1, 0.15) is 11.6 Å². The van der Waals surface area contributed by atoms with Crippen molar-refractivity contribution < 1.29 is 13.2 Å². The highest BCUT2D eigenvalue weighted by molar-refractivity contribution is 9.10. The van der Waals surface area contributed by atoms with Crippen molar-refractivity contribution in [2.75, 3.05) is 5.32 Å². The Bertz CT molecular complexity index is 540. The van der Waals surface area contributed by atoms with Gasteiger partial charge in [-0.3, -0.25) is 0 Å². The predicted octanol–water partition coefficient (Wildman–Crippen LogP) is 5.16. The van der Waals surface area contributed by atoms with Crippen LogP contribution < -0.4 is 5.32 Å². The monoisotopic (exact) mass is 329 g/mol. The maximum absolute atomic E-state index is 13.1. The van der Waals surface area contributed by atoms with Crippen LogP contribution in [0.4, 0.5) is 18.9 Å². The van der Waals surface area contributed by atoms with E-state index in [0.29, 0.717) is 10.2 Å². The third-order valence-corrected chi connectivity index (χ3v) is 3.33. The molecule has 0 aliphatic carbocycles. The normalized spacial score (nSPS) is 13.1. The minimum Gasteiger partial charge on any atom is -0.369 e. The molecule has 1 N–H and O–H groups in total. The van der Waals surface area contributed by atoms with Gasteiger partial charge in [0.05, 0.1) is 0 Å². The number of benzene rings is 2. The first kappa shape index (κ1) is 13.9. The molecular weight excluding hydrogens is 319 g/mol. The molecule has 0 aromatic heterocycles. The lowest BCUT2D eigenvalue weighted by Crippen LogP contribution is -2.27. The molecule has 100 valence electrons. The van der Waals surface area contributed by atoms with Gasteiger partial charge >= 0.3 is 6.18 Å². The van der Waals surface area contributed by atoms with E-state index in [-0.39, 0.29) is 5.56 Å². The van der Waals surface area contributed by atoms with Gasteiger partial charge in [0.25, 0.3) is 0 Å². The van der Waals surface area contributed by atoms with Crippen molar-refractivity contribution in [1.29, 1.82) is 0 Å². The average Bonchev–Trinajstić information content (AvgIpc) is 2.37. The highest BCUT2D eigenvalue weighted by atomic mass is 79.9. The summed E-state index contributed by atoms with van der Waals surface area (Å²) in [5.74, 6) is 0. The third kappa shape index (κ3) is 3.50. The quantitative estimate of drug-likeness (QED) is 0.819. The Morgan fingerprint density at radius 3 is 2.05 bits per heavy atom. The van der Waals surface area contributed by atoms with Gasteiger partial charge in [0, 0.05) is 10.2 Å². The summed E-state index contributed by atoms with van der Waals surface area (Å²) in [6.45, 7) is 0. The molecule has 0 fully saturated rings. The third-order valence-electron chi connectivity index (χ3n) is 2.63. The Hall–Kier alpha value is -1.49. The second-order valence-electron chi connectivity index (χ2n) is 4.01. The highest BCUT2D eigenvalue weighted by Crippen LogP contribution is 2.37. The van der Waals surface area contributed by atoms with Crippen LogP contribution in [0.5, 0.6) is 0 Å². The maximum Gasteiger partial charge on any atom is 0.412 e. The first-order chi connectivity index (χ1) is 8.98. The molecule has 1 atom stereocenters. The minimum absolute atomic E-state index is 0.186. The van der Waals surface area contributed by atoms with Gasteiger partial charge in [-0.25, -0.2) is 0 Å². The van der Waals surface area contributed by atoms with Gasteiger partial charge in [-0.05, 0) is 33.6 Å². The summed E-state index contributed by atoms with van der Waals surface area (Å²) in [6.07, 6.45) is -4.36. The molecule has 0 amide bonds. The van der Waals surface area contributed by atoms with Crippen LogP contribution >= 0.6 is 15.9 Å². The summed E-state index contributed by atoms with van der Waals surface area (Å²) in [5, 5.41) is 2.53. The molecule has 2 aromatic rings. The second kappa shape index (κ2) is 5.65. The molecule has 0 radical (unpaired) electrons. The topological polar surface area (TPSA) is 12.0 Å². The van der Waals surface area contributed by atoms with Crippen molar-refractivity contribution in [2.24, 2.45) is 0 Å². The number of halogens is 4. The standard InChI is InChI=1S/C14H11BrF3N/c15-11-8-4-5-9-12(11)19-13(14(16,17)18)10-6-2-1-3-7-10/h1-9,13,19H. The number of hydrogen-bond donors (Lipinski definition) is 1. The fourth-order valence-electron chi connectivity index (χ4n) is 1.73. The second-order valence-corrected chi connectivity index (χ2v) is 4.86. The van der Waals surface area contributed by atoms with Crippen LogP contribution in [0.2, 0.25) is 0 Å². The van der Waals surface area contributed by atoms with Crippen molar-refractivity contribution in [1.82, 2.24) is 0 Å². The lowest BCUT2D eigenvalue weighted by molar-refractivity contribution is -0.144. The van der Waals surface area contributed by atoms with Crippen LogP contribution in [-0.4, -0.2) is 6.18 Å². The summed E-state index contributed by atoms with van der Waals surface area (Å²) in [6, 6.07) is 12.8. The first-order valence-electron chi connectivity index (χ1n) is 5.61. The molecule has 0 spiro atoms. The van der Waals surface area contributed by atoms with E-state index in [1.807, 2.05) is 0 Å². The van der Waals surface area contributed by atoms with E-state index < -0.39 is 12.2 Å². The lowest BCUT2D eigenvalue weighted by atomic mass is 10.1. The Morgan fingerprint density at radius 1 is 0.895 bits per heavy atom. The highest BCUT2D eigenvalue weighted by Gasteiger charge is 2.40. The number of rotatable bonds is 3. The zero-order chi connectivity index (χ0) is 13.9. The van der Waals surface area contributed by atoms with Gasteiger partial charge in [-0.2, -0.15) is 13.2 Å². The van der Waals surface area contributed by atoms with Crippen LogP contribution in [0.15, 0.2) is 59.1 Å². The van der Waals surface area contributed by atoms with Gasteiger partial charge in [0.2, 0.25) is 0 Å². The number of alkyl halides is 3. The van der Waals surface area contributed by atoms with Gasteiger partial charge < -0.3 is 5.32 Å². The molecular formula is C14H11BrF3N. The summed E-state index contributed by atoms with van der Waals surface area (Å²) in [4.78, 5) is 0. The summed E-state index contributed by atoms with van der Waals surface area (Å²) in [7, 11) is 0.